The zero-order valence-corrected chi connectivity index (χ0v) is 8.03. The van der Waals surface area contributed by atoms with E-state index < -0.39 is 12.2 Å². The Morgan fingerprint density at radius 3 is 2.85 bits per heavy atom. The number of aliphatic hydroxyl groups is 1. The van der Waals surface area contributed by atoms with E-state index in [0.29, 0.717) is 19.4 Å². The maximum absolute atomic E-state index is 11.3. The van der Waals surface area contributed by atoms with E-state index in [4.69, 9.17) is 9.47 Å². The first-order valence-electron chi connectivity index (χ1n) is 4.59. The third-order valence-electron chi connectivity index (χ3n) is 1.87. The highest BCUT2D eigenvalue weighted by Crippen LogP contribution is 2.15. The standard InChI is InChI=1S/C9H16O4/c1-6(2)13-9(11)8-5-7(10)3-4-12-8/h6-8,10H,3-5H2,1-2H3/t7-,8+/m0/s1. The van der Waals surface area contributed by atoms with E-state index in [-0.39, 0.29) is 12.1 Å². The van der Waals surface area contributed by atoms with E-state index >= 15 is 0 Å². The molecule has 1 saturated heterocycles. The van der Waals surface area contributed by atoms with Gasteiger partial charge in [-0.25, -0.2) is 4.79 Å². The van der Waals surface area contributed by atoms with Crippen LogP contribution in [0, 0.1) is 0 Å². The van der Waals surface area contributed by atoms with Crippen LogP contribution in [0.4, 0.5) is 0 Å². The molecule has 0 aromatic rings. The topological polar surface area (TPSA) is 55.8 Å². The third-order valence-corrected chi connectivity index (χ3v) is 1.87. The number of rotatable bonds is 2. The molecule has 0 aromatic heterocycles. The molecule has 4 heteroatoms. The average molecular weight is 188 g/mol. The molecule has 0 amide bonds. The van der Waals surface area contributed by atoms with Gasteiger partial charge in [0.25, 0.3) is 0 Å². The van der Waals surface area contributed by atoms with Crippen LogP contribution in [0.15, 0.2) is 0 Å². The molecular formula is C9H16O4. The summed E-state index contributed by atoms with van der Waals surface area (Å²) in [6.45, 7) is 4.01. The van der Waals surface area contributed by atoms with Gasteiger partial charge >= 0.3 is 5.97 Å². The lowest BCUT2D eigenvalue weighted by Gasteiger charge is -2.25. The second-order valence-corrected chi connectivity index (χ2v) is 3.52. The number of esters is 1. The molecule has 1 aliphatic rings. The third kappa shape index (κ3) is 3.32. The van der Waals surface area contributed by atoms with Crippen LogP contribution in [0.3, 0.4) is 0 Å². The van der Waals surface area contributed by atoms with Gasteiger partial charge in [-0.15, -0.1) is 0 Å². The Morgan fingerprint density at radius 2 is 2.31 bits per heavy atom. The van der Waals surface area contributed by atoms with Gasteiger partial charge in [-0.1, -0.05) is 0 Å². The van der Waals surface area contributed by atoms with Gasteiger partial charge in [0.1, 0.15) is 0 Å². The average Bonchev–Trinajstić information content (AvgIpc) is 2.03. The van der Waals surface area contributed by atoms with Crippen molar-refractivity contribution in [1.82, 2.24) is 0 Å². The second kappa shape index (κ2) is 4.58. The monoisotopic (exact) mass is 188 g/mol. The van der Waals surface area contributed by atoms with Crippen molar-refractivity contribution in [1.29, 1.82) is 0 Å². The van der Waals surface area contributed by atoms with E-state index in [1.165, 1.54) is 0 Å². The highest BCUT2D eigenvalue weighted by molar-refractivity contribution is 5.75. The van der Waals surface area contributed by atoms with E-state index in [0.717, 1.165) is 0 Å². The molecule has 0 aliphatic carbocycles. The van der Waals surface area contributed by atoms with Gasteiger partial charge in [-0.3, -0.25) is 0 Å². The van der Waals surface area contributed by atoms with Crippen LogP contribution < -0.4 is 0 Å². The molecule has 4 nitrogen and oxygen atoms in total. The maximum Gasteiger partial charge on any atom is 0.335 e. The van der Waals surface area contributed by atoms with Crippen molar-refractivity contribution in [2.75, 3.05) is 6.61 Å². The van der Waals surface area contributed by atoms with Crippen molar-refractivity contribution in [3.05, 3.63) is 0 Å². The van der Waals surface area contributed by atoms with E-state index in [1.54, 1.807) is 13.8 Å². The van der Waals surface area contributed by atoms with Crippen LogP contribution >= 0.6 is 0 Å². The fourth-order valence-corrected chi connectivity index (χ4v) is 1.25. The lowest BCUT2D eigenvalue weighted by Crippen LogP contribution is -2.36. The first kappa shape index (κ1) is 10.5. The molecule has 13 heavy (non-hydrogen) atoms. The molecule has 0 spiro atoms. The Labute approximate surface area is 77.8 Å². The van der Waals surface area contributed by atoms with Gasteiger partial charge in [-0.05, 0) is 20.3 Å². The molecule has 2 atom stereocenters. The Kier molecular flexibility index (Phi) is 3.69. The SMILES string of the molecule is CC(C)OC(=O)[C@H]1C[C@@H](O)CCO1. The highest BCUT2D eigenvalue weighted by Gasteiger charge is 2.28. The normalized spacial score (nSPS) is 28.9. The number of carbonyl (C=O) groups is 1. The van der Waals surface area contributed by atoms with Crippen molar-refractivity contribution < 1.29 is 19.4 Å². The fraction of sp³-hybridized carbons (Fsp3) is 0.889. The summed E-state index contributed by atoms with van der Waals surface area (Å²) in [5, 5.41) is 9.27. The molecule has 0 aromatic carbocycles. The molecule has 0 bridgehead atoms. The quantitative estimate of drug-likeness (QED) is 0.640. The van der Waals surface area contributed by atoms with E-state index in [1.807, 2.05) is 0 Å². The second-order valence-electron chi connectivity index (χ2n) is 3.52. The summed E-state index contributed by atoms with van der Waals surface area (Å²) in [5.74, 6) is -0.367. The van der Waals surface area contributed by atoms with Crippen molar-refractivity contribution in [3.63, 3.8) is 0 Å². The minimum atomic E-state index is -0.578. The minimum Gasteiger partial charge on any atom is -0.461 e. The predicted molar refractivity (Wildman–Crippen MR) is 46.2 cm³/mol. The largest absolute Gasteiger partial charge is 0.461 e. The molecule has 1 fully saturated rings. The summed E-state index contributed by atoms with van der Waals surface area (Å²) in [5.41, 5.74) is 0. The Bertz CT molecular complexity index is 178. The molecular weight excluding hydrogens is 172 g/mol. The summed E-state index contributed by atoms with van der Waals surface area (Å²) < 4.78 is 10.1. The Hall–Kier alpha value is -0.610. The Balaban J connectivity index is 2.37. The molecule has 1 N–H and O–H groups in total. The highest BCUT2D eigenvalue weighted by atomic mass is 16.6. The summed E-state index contributed by atoms with van der Waals surface area (Å²) in [6.07, 6.45) is -0.184. The summed E-state index contributed by atoms with van der Waals surface area (Å²) in [4.78, 5) is 11.3. The molecule has 0 saturated carbocycles. The predicted octanol–water partition coefficient (Wildman–Crippen LogP) is 0.478. The molecule has 0 radical (unpaired) electrons. The lowest BCUT2D eigenvalue weighted by atomic mass is 10.1. The van der Waals surface area contributed by atoms with Crippen LogP contribution in [-0.4, -0.2) is 36.0 Å². The van der Waals surface area contributed by atoms with Gasteiger partial charge in [-0.2, -0.15) is 0 Å². The van der Waals surface area contributed by atoms with Gasteiger partial charge in [0, 0.05) is 6.42 Å². The van der Waals surface area contributed by atoms with Gasteiger partial charge < -0.3 is 14.6 Å². The van der Waals surface area contributed by atoms with Crippen molar-refractivity contribution in [3.8, 4) is 0 Å². The van der Waals surface area contributed by atoms with Gasteiger partial charge in [0.2, 0.25) is 0 Å². The van der Waals surface area contributed by atoms with Gasteiger partial charge in [0.05, 0.1) is 18.8 Å². The molecule has 76 valence electrons. The summed E-state index contributed by atoms with van der Waals surface area (Å²) in [6, 6.07) is 0. The fourth-order valence-electron chi connectivity index (χ4n) is 1.25. The van der Waals surface area contributed by atoms with Crippen LogP contribution in [0.1, 0.15) is 26.7 Å². The molecule has 1 heterocycles. The number of hydrogen-bond donors (Lipinski definition) is 1. The Morgan fingerprint density at radius 1 is 1.62 bits per heavy atom. The number of aliphatic hydroxyl groups excluding tert-OH is 1. The number of hydrogen-bond acceptors (Lipinski definition) is 4. The lowest BCUT2D eigenvalue weighted by molar-refractivity contribution is -0.167. The number of carbonyl (C=O) groups excluding carboxylic acids is 1. The van der Waals surface area contributed by atoms with Crippen molar-refractivity contribution >= 4 is 5.97 Å². The van der Waals surface area contributed by atoms with Crippen LogP contribution in [0.5, 0.6) is 0 Å². The summed E-state index contributed by atoms with van der Waals surface area (Å²) >= 11 is 0. The first-order valence-corrected chi connectivity index (χ1v) is 4.59. The van der Waals surface area contributed by atoms with Crippen molar-refractivity contribution in [2.45, 2.75) is 45.0 Å². The smallest absolute Gasteiger partial charge is 0.335 e. The molecule has 0 unspecified atom stereocenters. The molecule has 1 aliphatic heterocycles. The summed E-state index contributed by atoms with van der Waals surface area (Å²) in [7, 11) is 0. The van der Waals surface area contributed by atoms with E-state index in [2.05, 4.69) is 0 Å². The number of ether oxygens (including phenoxy) is 2. The van der Waals surface area contributed by atoms with Crippen LogP contribution in [0.25, 0.3) is 0 Å². The zero-order valence-electron chi connectivity index (χ0n) is 8.03. The van der Waals surface area contributed by atoms with Crippen LogP contribution in [-0.2, 0) is 14.3 Å². The van der Waals surface area contributed by atoms with Crippen molar-refractivity contribution in [2.24, 2.45) is 0 Å². The maximum atomic E-state index is 11.3. The molecule has 1 rings (SSSR count). The minimum absolute atomic E-state index is 0.129. The van der Waals surface area contributed by atoms with Crippen LogP contribution in [0.2, 0.25) is 0 Å². The first-order chi connectivity index (χ1) is 6.09. The van der Waals surface area contributed by atoms with Gasteiger partial charge in [0.15, 0.2) is 6.10 Å². The van der Waals surface area contributed by atoms with E-state index in [9.17, 15) is 9.90 Å². The zero-order chi connectivity index (χ0) is 9.84.